The molecular formula is C19H19N3O3. The normalized spacial score (nSPS) is 11.6. The van der Waals surface area contributed by atoms with Crippen molar-refractivity contribution in [3.05, 3.63) is 54.1 Å². The third-order valence-electron chi connectivity index (χ3n) is 3.80. The molecule has 25 heavy (non-hydrogen) atoms. The zero-order chi connectivity index (χ0) is 18.0. The Labute approximate surface area is 145 Å². The van der Waals surface area contributed by atoms with Gasteiger partial charge in [-0.3, -0.25) is 4.79 Å². The lowest BCUT2D eigenvalue weighted by Gasteiger charge is -2.09. The van der Waals surface area contributed by atoms with Crippen molar-refractivity contribution in [1.82, 2.24) is 4.57 Å². The van der Waals surface area contributed by atoms with E-state index in [1.807, 2.05) is 24.3 Å². The Balaban J connectivity index is 2.01. The van der Waals surface area contributed by atoms with E-state index in [-0.39, 0.29) is 22.9 Å². The van der Waals surface area contributed by atoms with Gasteiger partial charge in [0.1, 0.15) is 5.75 Å². The summed E-state index contributed by atoms with van der Waals surface area (Å²) < 4.78 is 1.77. The Kier molecular flexibility index (Phi) is 4.52. The van der Waals surface area contributed by atoms with E-state index in [9.17, 15) is 15.0 Å². The lowest BCUT2D eigenvalue weighted by Crippen LogP contribution is -2.03. The highest BCUT2D eigenvalue weighted by Crippen LogP contribution is 2.39. The van der Waals surface area contributed by atoms with Gasteiger partial charge in [-0.2, -0.15) is 0 Å². The molecule has 0 fully saturated rings. The van der Waals surface area contributed by atoms with E-state index in [1.165, 1.54) is 12.1 Å². The molecule has 1 aromatic heterocycles. The van der Waals surface area contributed by atoms with Crippen LogP contribution in [-0.4, -0.2) is 20.7 Å². The molecule has 3 aromatic rings. The van der Waals surface area contributed by atoms with Crippen molar-refractivity contribution < 1.29 is 15.0 Å². The molecule has 0 radical (unpaired) electrons. The second-order valence-corrected chi connectivity index (χ2v) is 6.25. The van der Waals surface area contributed by atoms with Crippen molar-refractivity contribution >= 4 is 22.5 Å². The predicted octanol–water partition coefficient (Wildman–Crippen LogP) is 4.63. The van der Waals surface area contributed by atoms with Crippen LogP contribution in [0, 0.1) is 5.92 Å². The van der Waals surface area contributed by atoms with Gasteiger partial charge in [-0.15, -0.1) is 10.2 Å². The molecule has 0 aliphatic rings. The van der Waals surface area contributed by atoms with Crippen molar-refractivity contribution in [3.63, 3.8) is 0 Å². The number of carbonyl (C=O) groups excluding carboxylic acids is 1. The molecule has 0 saturated heterocycles. The molecule has 0 spiro atoms. The molecule has 0 atom stereocenters. The molecule has 128 valence electrons. The van der Waals surface area contributed by atoms with E-state index in [4.69, 9.17) is 0 Å². The number of aromatic nitrogens is 1. The minimum Gasteiger partial charge on any atom is -0.508 e. The molecule has 0 aliphatic heterocycles. The standard InChI is InChI=1S/C19H19N3O3/c1-12(2)11-22-16-9-4-3-8-15(16)17(19(22)25)20-21-18(24)13-6-5-7-14(23)10-13/h3-10,12,23,25H,11H2,1-2H3. The fourth-order valence-electron chi connectivity index (χ4n) is 2.71. The lowest BCUT2D eigenvalue weighted by molar-refractivity contribution is 0.0994. The molecule has 0 saturated carbocycles. The van der Waals surface area contributed by atoms with Crippen molar-refractivity contribution in [3.8, 4) is 11.6 Å². The highest BCUT2D eigenvalue weighted by molar-refractivity contribution is 5.97. The molecular weight excluding hydrogens is 318 g/mol. The van der Waals surface area contributed by atoms with E-state index in [0.29, 0.717) is 12.5 Å². The first kappa shape index (κ1) is 16.7. The number of azo groups is 1. The Morgan fingerprint density at radius 3 is 2.60 bits per heavy atom. The van der Waals surface area contributed by atoms with Crippen LogP contribution < -0.4 is 0 Å². The first-order valence-electron chi connectivity index (χ1n) is 8.02. The van der Waals surface area contributed by atoms with Crippen molar-refractivity contribution in [2.24, 2.45) is 16.1 Å². The van der Waals surface area contributed by atoms with Crippen molar-refractivity contribution in [2.75, 3.05) is 0 Å². The highest BCUT2D eigenvalue weighted by atomic mass is 16.3. The number of aromatic hydroxyl groups is 2. The van der Waals surface area contributed by atoms with Gasteiger partial charge in [0.2, 0.25) is 5.88 Å². The molecule has 0 bridgehead atoms. The van der Waals surface area contributed by atoms with Gasteiger partial charge in [0, 0.05) is 17.5 Å². The van der Waals surface area contributed by atoms with Gasteiger partial charge in [-0.25, -0.2) is 0 Å². The van der Waals surface area contributed by atoms with Crippen LogP contribution in [0.1, 0.15) is 24.2 Å². The van der Waals surface area contributed by atoms with Gasteiger partial charge in [0.05, 0.1) is 5.52 Å². The fraction of sp³-hybridized carbons (Fsp3) is 0.211. The molecule has 1 amide bonds. The molecule has 2 N–H and O–H groups in total. The summed E-state index contributed by atoms with van der Waals surface area (Å²) in [5.74, 6) is -0.281. The average Bonchev–Trinajstić information content (AvgIpc) is 2.84. The first-order chi connectivity index (χ1) is 12.0. The third kappa shape index (κ3) is 3.38. The van der Waals surface area contributed by atoms with Gasteiger partial charge in [-0.05, 0) is 30.2 Å². The van der Waals surface area contributed by atoms with E-state index < -0.39 is 5.91 Å². The second-order valence-electron chi connectivity index (χ2n) is 6.25. The number of hydrogen-bond donors (Lipinski definition) is 2. The topological polar surface area (TPSA) is 87.2 Å². The zero-order valence-corrected chi connectivity index (χ0v) is 14.0. The third-order valence-corrected chi connectivity index (χ3v) is 3.80. The minimum absolute atomic E-state index is 0.0117. The van der Waals surface area contributed by atoms with E-state index in [2.05, 4.69) is 24.1 Å². The maximum absolute atomic E-state index is 12.1. The summed E-state index contributed by atoms with van der Waals surface area (Å²) in [6.07, 6.45) is 0. The maximum atomic E-state index is 12.1. The SMILES string of the molecule is CC(C)Cn1c(O)c(N=NC(=O)c2cccc(O)c2)c2ccccc21. The van der Waals surface area contributed by atoms with Crippen molar-refractivity contribution in [2.45, 2.75) is 20.4 Å². The largest absolute Gasteiger partial charge is 0.508 e. The van der Waals surface area contributed by atoms with Crippen LogP contribution in [0.4, 0.5) is 5.69 Å². The number of carbonyl (C=O) groups is 1. The summed E-state index contributed by atoms with van der Waals surface area (Å²) in [6, 6.07) is 13.4. The number of phenols is 1. The number of fused-ring (bicyclic) bond motifs is 1. The summed E-state index contributed by atoms with van der Waals surface area (Å²) in [5, 5.41) is 28.4. The molecule has 0 aliphatic carbocycles. The summed E-state index contributed by atoms with van der Waals surface area (Å²) in [6.45, 7) is 4.74. The molecule has 1 heterocycles. The number of hydrogen-bond acceptors (Lipinski definition) is 4. The second kappa shape index (κ2) is 6.76. The van der Waals surface area contributed by atoms with Gasteiger partial charge in [-0.1, -0.05) is 38.1 Å². The molecule has 0 unspecified atom stereocenters. The summed E-state index contributed by atoms with van der Waals surface area (Å²) in [5.41, 5.74) is 1.34. The molecule has 3 rings (SSSR count). The number of phenolic OH excluding ortho intramolecular Hbond substituents is 1. The first-order valence-corrected chi connectivity index (χ1v) is 8.02. The Morgan fingerprint density at radius 1 is 1.12 bits per heavy atom. The summed E-state index contributed by atoms with van der Waals surface area (Å²) in [4.78, 5) is 12.1. The predicted molar refractivity (Wildman–Crippen MR) is 95.4 cm³/mol. The van der Waals surface area contributed by atoms with Gasteiger partial charge in [0.15, 0.2) is 5.69 Å². The van der Waals surface area contributed by atoms with Gasteiger partial charge < -0.3 is 14.8 Å². The average molecular weight is 337 g/mol. The number of rotatable bonds is 4. The summed E-state index contributed by atoms with van der Waals surface area (Å²) >= 11 is 0. The van der Waals surface area contributed by atoms with Crippen LogP contribution >= 0.6 is 0 Å². The lowest BCUT2D eigenvalue weighted by atomic mass is 10.2. The van der Waals surface area contributed by atoms with Crippen LogP contribution in [-0.2, 0) is 6.54 Å². The molecule has 6 heteroatoms. The van der Waals surface area contributed by atoms with Crippen LogP contribution in [0.3, 0.4) is 0 Å². The minimum atomic E-state index is -0.587. The van der Waals surface area contributed by atoms with Crippen LogP contribution in [0.25, 0.3) is 10.9 Å². The van der Waals surface area contributed by atoms with E-state index >= 15 is 0 Å². The van der Waals surface area contributed by atoms with Crippen LogP contribution in [0.5, 0.6) is 11.6 Å². The Morgan fingerprint density at radius 2 is 1.88 bits per heavy atom. The van der Waals surface area contributed by atoms with Gasteiger partial charge >= 0.3 is 0 Å². The quantitative estimate of drug-likeness (QED) is 0.680. The highest BCUT2D eigenvalue weighted by Gasteiger charge is 2.17. The smallest absolute Gasteiger partial charge is 0.295 e. The van der Waals surface area contributed by atoms with Gasteiger partial charge in [0.25, 0.3) is 5.91 Å². The Hall–Kier alpha value is -3.15. The number of para-hydroxylation sites is 1. The zero-order valence-electron chi connectivity index (χ0n) is 14.0. The fourth-order valence-corrected chi connectivity index (χ4v) is 2.71. The van der Waals surface area contributed by atoms with E-state index in [1.54, 1.807) is 16.7 Å². The van der Waals surface area contributed by atoms with E-state index in [0.717, 1.165) is 10.9 Å². The molecule has 2 aromatic carbocycles. The molecule has 6 nitrogen and oxygen atoms in total. The van der Waals surface area contributed by atoms with Crippen LogP contribution in [0.2, 0.25) is 0 Å². The Bertz CT molecular complexity index is 958. The number of benzene rings is 2. The van der Waals surface area contributed by atoms with Crippen LogP contribution in [0.15, 0.2) is 58.8 Å². The number of amides is 1. The number of nitrogens with zero attached hydrogens (tertiary/aromatic N) is 3. The summed E-state index contributed by atoms with van der Waals surface area (Å²) in [7, 11) is 0. The van der Waals surface area contributed by atoms with Crippen molar-refractivity contribution in [1.29, 1.82) is 0 Å². The monoisotopic (exact) mass is 337 g/mol. The maximum Gasteiger partial charge on any atom is 0.295 e.